The number of nitrogens with one attached hydrogen (secondary N) is 1. The van der Waals surface area contributed by atoms with Crippen LogP contribution in [0.25, 0.3) is 11.0 Å². The number of hydrazine groups is 1. The molecule has 0 saturated carbocycles. The summed E-state index contributed by atoms with van der Waals surface area (Å²) >= 11 is 0. The fraction of sp³-hybridized carbons (Fsp3) is 0.214. The SMILES string of the molecule is NCCC[C@@H](C(=O)N=C(N)N[N+](=O)[O-])N(Cn1cnc2ccccc21)C(=O)C(c1ccccc1)c1ccccc1. The van der Waals surface area contributed by atoms with Crippen molar-refractivity contribution in [3.05, 3.63) is 112 Å². The Bertz CT molecular complexity index is 1450. The largest absolute Gasteiger partial charge is 0.365 e. The van der Waals surface area contributed by atoms with Crippen LogP contribution in [0.5, 0.6) is 0 Å². The monoisotopic (exact) mass is 542 g/mol. The van der Waals surface area contributed by atoms with Crippen LogP contribution < -0.4 is 16.9 Å². The average molecular weight is 543 g/mol. The van der Waals surface area contributed by atoms with Crippen LogP contribution in [0.4, 0.5) is 0 Å². The van der Waals surface area contributed by atoms with Crippen LogP contribution in [0.15, 0.2) is 96.2 Å². The summed E-state index contributed by atoms with van der Waals surface area (Å²) in [4.78, 5) is 48.5. The first kappa shape index (κ1) is 27.9. The molecular formula is C28H30N8O4. The van der Waals surface area contributed by atoms with E-state index in [1.807, 2.05) is 84.9 Å². The summed E-state index contributed by atoms with van der Waals surface area (Å²) in [6.45, 7) is 0.224. The first-order valence-electron chi connectivity index (χ1n) is 12.7. The third kappa shape index (κ3) is 6.66. The van der Waals surface area contributed by atoms with E-state index in [4.69, 9.17) is 11.5 Å². The number of carbonyl (C=O) groups excluding carboxylic acids is 2. The van der Waals surface area contributed by atoms with Crippen molar-refractivity contribution in [2.45, 2.75) is 31.5 Å². The lowest BCUT2D eigenvalue weighted by Gasteiger charge is -2.33. The van der Waals surface area contributed by atoms with Crippen LogP contribution in [-0.2, 0) is 16.3 Å². The zero-order valence-electron chi connectivity index (χ0n) is 21.7. The maximum atomic E-state index is 14.6. The molecule has 12 heteroatoms. The van der Waals surface area contributed by atoms with Gasteiger partial charge in [-0.1, -0.05) is 78.2 Å². The van der Waals surface area contributed by atoms with Gasteiger partial charge in [0.05, 0.1) is 29.9 Å². The zero-order chi connectivity index (χ0) is 28.5. The Balaban J connectivity index is 1.83. The lowest BCUT2D eigenvalue weighted by molar-refractivity contribution is -0.525. The van der Waals surface area contributed by atoms with Gasteiger partial charge in [-0.15, -0.1) is 0 Å². The summed E-state index contributed by atoms with van der Waals surface area (Å²) < 4.78 is 1.77. The van der Waals surface area contributed by atoms with Crippen molar-refractivity contribution >= 4 is 28.8 Å². The number of carbonyl (C=O) groups is 2. The second kappa shape index (κ2) is 13.1. The number of aromatic nitrogens is 2. The molecule has 3 aromatic carbocycles. The van der Waals surface area contributed by atoms with Gasteiger partial charge in [-0.2, -0.15) is 4.99 Å². The van der Waals surface area contributed by atoms with Gasteiger partial charge in [0.25, 0.3) is 11.9 Å². The van der Waals surface area contributed by atoms with Gasteiger partial charge < -0.3 is 20.9 Å². The molecule has 5 N–H and O–H groups in total. The highest BCUT2D eigenvalue weighted by atomic mass is 16.7. The Hall–Kier alpha value is -5.10. The average Bonchev–Trinajstić information content (AvgIpc) is 3.36. The number of hydrogen-bond donors (Lipinski definition) is 3. The molecule has 12 nitrogen and oxygen atoms in total. The van der Waals surface area contributed by atoms with E-state index in [9.17, 15) is 19.7 Å². The van der Waals surface area contributed by atoms with E-state index in [1.165, 1.54) is 4.90 Å². The maximum absolute atomic E-state index is 14.6. The number of nitrogens with two attached hydrogens (primary N) is 2. The number of aliphatic imine (C=N–C) groups is 1. The zero-order valence-corrected chi connectivity index (χ0v) is 21.7. The van der Waals surface area contributed by atoms with Crippen molar-refractivity contribution in [1.82, 2.24) is 19.9 Å². The van der Waals surface area contributed by atoms with Gasteiger partial charge in [-0.25, -0.2) is 15.1 Å². The number of guanidine groups is 1. The molecule has 206 valence electrons. The van der Waals surface area contributed by atoms with Crippen molar-refractivity contribution < 1.29 is 14.6 Å². The summed E-state index contributed by atoms with van der Waals surface area (Å²) in [6, 6.07) is 24.8. The van der Waals surface area contributed by atoms with Gasteiger partial charge in [0.2, 0.25) is 5.91 Å². The molecule has 0 fully saturated rings. The van der Waals surface area contributed by atoms with Crippen molar-refractivity contribution in [2.75, 3.05) is 6.54 Å². The van der Waals surface area contributed by atoms with Gasteiger partial charge in [-0.05, 0) is 42.6 Å². The quantitative estimate of drug-likeness (QED) is 0.112. The molecule has 0 aliphatic carbocycles. The third-order valence-corrected chi connectivity index (χ3v) is 6.41. The van der Waals surface area contributed by atoms with Gasteiger partial charge in [0.15, 0.2) is 5.03 Å². The highest BCUT2D eigenvalue weighted by molar-refractivity contribution is 5.97. The smallest absolute Gasteiger partial charge is 0.271 e. The summed E-state index contributed by atoms with van der Waals surface area (Å²) in [5.74, 6) is -2.60. The highest BCUT2D eigenvalue weighted by Crippen LogP contribution is 2.29. The van der Waals surface area contributed by atoms with E-state index in [2.05, 4.69) is 9.98 Å². The number of imidazole rings is 1. The lowest BCUT2D eigenvalue weighted by atomic mass is 9.89. The highest BCUT2D eigenvalue weighted by Gasteiger charge is 2.35. The molecule has 0 aliphatic rings. The lowest BCUT2D eigenvalue weighted by Crippen LogP contribution is -2.48. The number of rotatable bonds is 11. The Kier molecular flexibility index (Phi) is 9.15. The Morgan fingerprint density at radius 2 is 1.60 bits per heavy atom. The molecule has 0 aliphatic heterocycles. The van der Waals surface area contributed by atoms with Gasteiger partial charge in [0.1, 0.15) is 6.04 Å². The van der Waals surface area contributed by atoms with Gasteiger partial charge >= 0.3 is 0 Å². The number of hydrogen-bond acceptors (Lipinski definition) is 6. The molecule has 4 rings (SSSR count). The molecule has 1 aromatic heterocycles. The number of amides is 2. The van der Waals surface area contributed by atoms with E-state index in [1.54, 1.807) is 16.3 Å². The molecule has 0 bridgehead atoms. The molecule has 1 atom stereocenters. The van der Waals surface area contributed by atoms with E-state index < -0.39 is 28.9 Å². The standard InChI is InChI=1S/C28H30N8O4/c29-17-9-16-24(26(37)32-28(30)33-36(39)40)35(19-34-18-31-22-14-7-8-15-23(22)34)27(38)25(20-10-3-1-4-11-20)21-12-5-2-6-13-21/h1-8,10-15,18,24-25H,9,16-17,19,29H2,(H3,30,32,33,37)/t24-/m0/s1. The Morgan fingerprint density at radius 3 is 2.20 bits per heavy atom. The minimum absolute atomic E-state index is 0.0332. The normalized spacial score (nSPS) is 12.3. The van der Waals surface area contributed by atoms with Crippen LogP contribution in [0.1, 0.15) is 29.9 Å². The molecule has 0 unspecified atom stereocenters. The molecule has 40 heavy (non-hydrogen) atoms. The van der Waals surface area contributed by atoms with Gasteiger partial charge in [0, 0.05) is 0 Å². The Morgan fingerprint density at radius 1 is 1.00 bits per heavy atom. The fourth-order valence-corrected chi connectivity index (χ4v) is 4.58. The van der Waals surface area contributed by atoms with Crippen LogP contribution in [0.3, 0.4) is 0 Å². The number of para-hydroxylation sites is 2. The number of benzene rings is 3. The van der Waals surface area contributed by atoms with E-state index in [0.29, 0.717) is 6.42 Å². The fourth-order valence-electron chi connectivity index (χ4n) is 4.58. The van der Waals surface area contributed by atoms with Crippen LogP contribution in [0, 0.1) is 10.1 Å². The second-order valence-electron chi connectivity index (χ2n) is 9.06. The maximum Gasteiger partial charge on any atom is 0.271 e. The van der Waals surface area contributed by atoms with E-state index in [-0.39, 0.29) is 25.5 Å². The molecule has 0 saturated heterocycles. The van der Waals surface area contributed by atoms with Gasteiger partial charge in [-0.3, -0.25) is 9.59 Å². The molecular weight excluding hydrogens is 512 g/mol. The van der Waals surface area contributed by atoms with Crippen molar-refractivity contribution in [3.8, 4) is 0 Å². The number of fused-ring (bicyclic) bond motifs is 1. The molecule has 0 spiro atoms. The van der Waals surface area contributed by atoms with Crippen molar-refractivity contribution in [1.29, 1.82) is 0 Å². The molecule has 0 radical (unpaired) electrons. The molecule has 4 aromatic rings. The minimum Gasteiger partial charge on any atom is -0.365 e. The minimum atomic E-state index is -1.11. The molecule has 2 amide bonds. The van der Waals surface area contributed by atoms with E-state index in [0.717, 1.165) is 22.2 Å². The molecule has 1 heterocycles. The van der Waals surface area contributed by atoms with Crippen molar-refractivity contribution in [2.24, 2.45) is 16.5 Å². The van der Waals surface area contributed by atoms with Crippen LogP contribution >= 0.6 is 0 Å². The summed E-state index contributed by atoms with van der Waals surface area (Å²) in [6.07, 6.45) is 2.16. The van der Waals surface area contributed by atoms with Crippen LogP contribution in [-0.4, -0.2) is 49.8 Å². The summed E-state index contributed by atoms with van der Waals surface area (Å²) in [5, 5.41) is 9.93. The summed E-state index contributed by atoms with van der Waals surface area (Å²) in [5.41, 5.74) is 16.0. The summed E-state index contributed by atoms with van der Waals surface area (Å²) in [7, 11) is 0. The predicted molar refractivity (Wildman–Crippen MR) is 150 cm³/mol. The first-order chi connectivity index (χ1) is 19.4. The first-order valence-corrected chi connectivity index (χ1v) is 12.7. The van der Waals surface area contributed by atoms with Crippen molar-refractivity contribution in [3.63, 3.8) is 0 Å². The second-order valence-corrected chi connectivity index (χ2v) is 9.06. The number of nitro groups is 1. The van der Waals surface area contributed by atoms with E-state index >= 15 is 0 Å². The predicted octanol–water partition coefficient (Wildman–Crippen LogP) is 2.38. The van der Waals surface area contributed by atoms with Crippen LogP contribution in [0.2, 0.25) is 0 Å². The Labute approximate surface area is 230 Å². The number of nitrogens with zero attached hydrogens (tertiary/aromatic N) is 5. The topological polar surface area (TPSA) is 175 Å². The third-order valence-electron chi connectivity index (χ3n) is 6.41.